The first-order valence-electron chi connectivity index (χ1n) is 3.83. The van der Waals surface area contributed by atoms with Crippen LogP contribution in [0.5, 0.6) is 0 Å². The largest absolute Gasteiger partial charge is 0.450 e. The minimum atomic E-state index is -0.195. The molecule has 0 bridgehead atoms. The molecule has 1 aliphatic rings. The average molecular weight is 158 g/mol. The van der Waals surface area contributed by atoms with Gasteiger partial charge in [0, 0.05) is 19.6 Å². The third-order valence-corrected chi connectivity index (χ3v) is 1.70. The Hall–Kier alpha value is -0.610. The molecule has 0 aliphatic carbocycles. The molecule has 1 aliphatic heterocycles. The Kier molecular flexibility index (Phi) is 2.84. The van der Waals surface area contributed by atoms with Gasteiger partial charge in [0.05, 0.1) is 5.92 Å². The minimum absolute atomic E-state index is 0.0107. The minimum Gasteiger partial charge on any atom is -0.450 e. The fourth-order valence-electron chi connectivity index (χ4n) is 0.940. The van der Waals surface area contributed by atoms with Crippen LogP contribution in [0.25, 0.3) is 0 Å². The van der Waals surface area contributed by atoms with E-state index in [9.17, 15) is 4.79 Å². The molecule has 11 heavy (non-hydrogen) atoms. The number of rotatable bonds is 4. The molecule has 0 amide bonds. The van der Waals surface area contributed by atoms with E-state index in [1.54, 1.807) is 0 Å². The number of nitrogens with two attached hydrogens (primary N) is 1. The number of esters is 1. The maximum Gasteiger partial charge on any atom is 0.311 e. The number of nitrogens with zero attached hydrogens (tertiary/aromatic N) is 1. The van der Waals surface area contributed by atoms with Crippen molar-refractivity contribution in [1.82, 2.24) is 4.90 Å². The molecule has 4 heteroatoms. The fourth-order valence-corrected chi connectivity index (χ4v) is 0.940. The molecule has 0 spiro atoms. The van der Waals surface area contributed by atoms with Crippen LogP contribution < -0.4 is 5.73 Å². The highest BCUT2D eigenvalue weighted by Crippen LogP contribution is 2.09. The summed E-state index contributed by atoms with van der Waals surface area (Å²) in [5, 5.41) is 0. The van der Waals surface area contributed by atoms with Gasteiger partial charge in [-0.3, -0.25) is 15.4 Å². The molecule has 1 saturated heterocycles. The summed E-state index contributed by atoms with van der Waals surface area (Å²) in [6.45, 7) is 4.87. The second kappa shape index (κ2) is 3.69. The van der Waals surface area contributed by atoms with Crippen LogP contribution in [0.3, 0.4) is 0 Å². The second-order valence-corrected chi connectivity index (χ2v) is 2.83. The van der Waals surface area contributed by atoms with E-state index < -0.39 is 0 Å². The zero-order valence-electron chi connectivity index (χ0n) is 6.75. The van der Waals surface area contributed by atoms with Gasteiger partial charge < -0.3 is 4.74 Å². The van der Waals surface area contributed by atoms with Crippen molar-refractivity contribution < 1.29 is 9.53 Å². The van der Waals surface area contributed by atoms with Gasteiger partial charge in [0.1, 0.15) is 6.73 Å². The van der Waals surface area contributed by atoms with Crippen molar-refractivity contribution in [3.8, 4) is 0 Å². The molecule has 0 radical (unpaired) electrons. The number of carbonyl (C=O) groups excluding carboxylic acids is 1. The summed E-state index contributed by atoms with van der Waals surface area (Å²) in [6, 6.07) is 0. The molecular weight excluding hydrogens is 144 g/mol. The predicted octanol–water partition coefficient (Wildman–Crippen LogP) is -0.602. The van der Waals surface area contributed by atoms with E-state index in [0.29, 0.717) is 0 Å². The van der Waals surface area contributed by atoms with Crippen LogP contribution >= 0.6 is 0 Å². The lowest BCUT2D eigenvalue weighted by molar-refractivity contribution is -0.147. The molecule has 0 aromatic rings. The summed E-state index contributed by atoms with van der Waals surface area (Å²) in [7, 11) is 0. The molecule has 1 fully saturated rings. The molecular formula is C7H14N2O2. The van der Waals surface area contributed by atoms with E-state index in [1.165, 1.54) is 0 Å². The first-order chi connectivity index (χ1) is 5.24. The molecule has 1 atom stereocenters. The Balaban J connectivity index is 2.15. The third kappa shape index (κ3) is 2.86. The Morgan fingerprint density at radius 1 is 1.73 bits per heavy atom. The number of ether oxygens (including phenoxy) is 1. The number of hydrogen-bond acceptors (Lipinski definition) is 4. The number of carbonyl (C=O) groups is 1. The van der Waals surface area contributed by atoms with Crippen LogP contribution in [0.2, 0.25) is 0 Å². The van der Waals surface area contributed by atoms with E-state index in [2.05, 4.69) is 9.64 Å². The second-order valence-electron chi connectivity index (χ2n) is 2.83. The van der Waals surface area contributed by atoms with Crippen molar-refractivity contribution in [3.05, 3.63) is 0 Å². The van der Waals surface area contributed by atoms with Gasteiger partial charge in [-0.1, -0.05) is 6.92 Å². The Morgan fingerprint density at radius 2 is 2.36 bits per heavy atom. The summed E-state index contributed by atoms with van der Waals surface area (Å²) in [4.78, 5) is 13.2. The van der Waals surface area contributed by atoms with Gasteiger partial charge in [-0.05, 0) is 0 Å². The predicted molar refractivity (Wildman–Crippen MR) is 40.8 cm³/mol. The SMILES string of the molecule is CC(CN1CC1)C(=O)OCN. The first-order valence-corrected chi connectivity index (χ1v) is 3.83. The Labute approximate surface area is 66.3 Å². The van der Waals surface area contributed by atoms with Crippen molar-refractivity contribution >= 4 is 5.97 Å². The third-order valence-electron chi connectivity index (χ3n) is 1.70. The monoisotopic (exact) mass is 158 g/mol. The van der Waals surface area contributed by atoms with Gasteiger partial charge in [0.25, 0.3) is 0 Å². The molecule has 0 aromatic carbocycles. The maximum atomic E-state index is 11.0. The highest BCUT2D eigenvalue weighted by molar-refractivity contribution is 5.72. The summed E-state index contributed by atoms with van der Waals surface area (Å²) >= 11 is 0. The lowest BCUT2D eigenvalue weighted by Crippen LogP contribution is -2.24. The van der Waals surface area contributed by atoms with Crippen LogP contribution in [0.1, 0.15) is 6.92 Å². The Morgan fingerprint density at radius 3 is 2.82 bits per heavy atom. The van der Waals surface area contributed by atoms with Crippen molar-refractivity contribution in [2.24, 2.45) is 11.7 Å². The summed E-state index contributed by atoms with van der Waals surface area (Å²) < 4.78 is 4.64. The van der Waals surface area contributed by atoms with Crippen molar-refractivity contribution in [2.75, 3.05) is 26.4 Å². The van der Waals surface area contributed by atoms with E-state index >= 15 is 0 Å². The lowest BCUT2D eigenvalue weighted by atomic mass is 10.2. The normalized spacial score (nSPS) is 19.5. The van der Waals surface area contributed by atoms with Crippen LogP contribution in [0.4, 0.5) is 0 Å². The van der Waals surface area contributed by atoms with Gasteiger partial charge in [0.15, 0.2) is 0 Å². The lowest BCUT2D eigenvalue weighted by Gasteiger charge is -2.09. The van der Waals surface area contributed by atoms with Gasteiger partial charge in [-0.25, -0.2) is 0 Å². The van der Waals surface area contributed by atoms with Gasteiger partial charge in [0.2, 0.25) is 0 Å². The molecule has 1 heterocycles. The molecule has 0 aromatic heterocycles. The Bertz CT molecular complexity index is 145. The van der Waals surface area contributed by atoms with Crippen LogP contribution in [-0.4, -0.2) is 37.2 Å². The van der Waals surface area contributed by atoms with Gasteiger partial charge in [-0.2, -0.15) is 0 Å². The van der Waals surface area contributed by atoms with E-state index in [1.807, 2.05) is 6.92 Å². The highest BCUT2D eigenvalue weighted by Gasteiger charge is 2.23. The number of hydrogen-bond donors (Lipinski definition) is 1. The van der Waals surface area contributed by atoms with Crippen molar-refractivity contribution in [2.45, 2.75) is 6.92 Å². The summed E-state index contributed by atoms with van der Waals surface area (Å²) in [5.74, 6) is -0.236. The van der Waals surface area contributed by atoms with Crippen LogP contribution in [0.15, 0.2) is 0 Å². The average Bonchev–Trinajstić information content (AvgIpc) is 2.72. The molecule has 0 saturated carbocycles. The first kappa shape index (κ1) is 8.49. The molecule has 2 N–H and O–H groups in total. The van der Waals surface area contributed by atoms with E-state index in [0.717, 1.165) is 19.6 Å². The van der Waals surface area contributed by atoms with Gasteiger partial charge >= 0.3 is 5.97 Å². The zero-order valence-corrected chi connectivity index (χ0v) is 6.75. The topological polar surface area (TPSA) is 55.3 Å². The maximum absolute atomic E-state index is 11.0. The van der Waals surface area contributed by atoms with Crippen LogP contribution in [0, 0.1) is 5.92 Å². The highest BCUT2D eigenvalue weighted by atomic mass is 16.5. The van der Waals surface area contributed by atoms with Gasteiger partial charge in [-0.15, -0.1) is 0 Å². The van der Waals surface area contributed by atoms with E-state index in [4.69, 9.17) is 5.73 Å². The van der Waals surface area contributed by atoms with Crippen LogP contribution in [-0.2, 0) is 9.53 Å². The van der Waals surface area contributed by atoms with Crippen molar-refractivity contribution in [1.29, 1.82) is 0 Å². The van der Waals surface area contributed by atoms with Crippen molar-refractivity contribution in [3.63, 3.8) is 0 Å². The van der Waals surface area contributed by atoms with E-state index in [-0.39, 0.29) is 18.6 Å². The summed E-state index contributed by atoms with van der Waals surface area (Å²) in [5.41, 5.74) is 5.06. The molecule has 4 nitrogen and oxygen atoms in total. The zero-order chi connectivity index (χ0) is 8.27. The molecule has 1 rings (SSSR count). The smallest absolute Gasteiger partial charge is 0.311 e. The molecule has 64 valence electrons. The fraction of sp³-hybridized carbons (Fsp3) is 0.857. The molecule has 1 unspecified atom stereocenters. The quantitative estimate of drug-likeness (QED) is 0.337. The standard InChI is InChI=1S/C7H14N2O2/c1-6(4-9-2-3-9)7(10)11-5-8/h6H,2-5,8H2,1H3. The summed E-state index contributed by atoms with van der Waals surface area (Å²) in [6.07, 6.45) is 0.